The molecule has 1 amide bonds. The van der Waals surface area contributed by atoms with Crippen molar-refractivity contribution in [2.45, 2.75) is 32.5 Å². The summed E-state index contributed by atoms with van der Waals surface area (Å²) in [6.07, 6.45) is 1.72. The molecule has 0 saturated heterocycles. The van der Waals surface area contributed by atoms with E-state index in [-0.39, 0.29) is 18.6 Å². The number of aromatic nitrogens is 1. The van der Waals surface area contributed by atoms with Crippen molar-refractivity contribution in [2.75, 3.05) is 13.7 Å². The van der Waals surface area contributed by atoms with Crippen molar-refractivity contribution in [3.05, 3.63) is 30.1 Å². The quantitative estimate of drug-likeness (QED) is 0.811. The molecule has 5 heteroatoms. The second-order valence-corrected chi connectivity index (χ2v) is 4.44. The summed E-state index contributed by atoms with van der Waals surface area (Å²) in [5.41, 5.74) is 6.63. The Morgan fingerprint density at radius 2 is 2.22 bits per heavy atom. The van der Waals surface area contributed by atoms with E-state index < -0.39 is 6.04 Å². The van der Waals surface area contributed by atoms with Gasteiger partial charge in [-0.05, 0) is 26.0 Å². The third kappa shape index (κ3) is 4.09. The van der Waals surface area contributed by atoms with Gasteiger partial charge in [-0.2, -0.15) is 0 Å². The van der Waals surface area contributed by atoms with Gasteiger partial charge in [-0.3, -0.25) is 9.78 Å². The van der Waals surface area contributed by atoms with Crippen molar-refractivity contribution in [1.82, 2.24) is 9.88 Å². The van der Waals surface area contributed by atoms with E-state index in [0.717, 1.165) is 5.69 Å². The maximum Gasteiger partial charge on any atom is 0.242 e. The molecular weight excluding hydrogens is 230 g/mol. The predicted octanol–water partition coefficient (Wildman–Crippen LogP) is 0.792. The van der Waals surface area contributed by atoms with Crippen LogP contribution >= 0.6 is 0 Å². The molecule has 2 N–H and O–H groups in total. The van der Waals surface area contributed by atoms with E-state index in [4.69, 9.17) is 10.5 Å². The minimum atomic E-state index is -0.624. The summed E-state index contributed by atoms with van der Waals surface area (Å²) in [6, 6.07) is 5.09. The molecule has 1 aromatic rings. The molecule has 1 atom stereocenters. The molecule has 0 radical (unpaired) electrons. The van der Waals surface area contributed by atoms with Crippen LogP contribution in [-0.4, -0.2) is 41.6 Å². The van der Waals surface area contributed by atoms with Crippen LogP contribution in [0.25, 0.3) is 0 Å². The highest BCUT2D eigenvalue weighted by Crippen LogP contribution is 2.07. The molecule has 0 aliphatic heterocycles. The van der Waals surface area contributed by atoms with Crippen molar-refractivity contribution in [2.24, 2.45) is 5.73 Å². The molecule has 5 nitrogen and oxygen atoms in total. The molecular formula is C13H21N3O2. The Morgan fingerprint density at radius 3 is 2.72 bits per heavy atom. The molecule has 0 spiro atoms. The van der Waals surface area contributed by atoms with Gasteiger partial charge >= 0.3 is 0 Å². The zero-order chi connectivity index (χ0) is 13.5. The van der Waals surface area contributed by atoms with Gasteiger partial charge in [0.15, 0.2) is 0 Å². The fraction of sp³-hybridized carbons (Fsp3) is 0.538. The lowest BCUT2D eigenvalue weighted by Gasteiger charge is -2.28. The van der Waals surface area contributed by atoms with Gasteiger partial charge in [-0.25, -0.2) is 0 Å². The van der Waals surface area contributed by atoms with Crippen LogP contribution in [0.3, 0.4) is 0 Å². The number of rotatable bonds is 6. The SMILES string of the molecule is COCC(N)C(=O)N(Cc1ccccn1)C(C)C. The maximum absolute atomic E-state index is 12.2. The Kier molecular flexibility index (Phi) is 5.74. The van der Waals surface area contributed by atoms with Crippen molar-refractivity contribution < 1.29 is 9.53 Å². The topological polar surface area (TPSA) is 68.5 Å². The second kappa shape index (κ2) is 7.08. The molecule has 1 heterocycles. The fourth-order valence-electron chi connectivity index (χ4n) is 1.64. The molecule has 0 aliphatic rings. The van der Waals surface area contributed by atoms with E-state index in [1.165, 1.54) is 7.11 Å². The van der Waals surface area contributed by atoms with E-state index in [2.05, 4.69) is 4.98 Å². The summed E-state index contributed by atoms with van der Waals surface area (Å²) in [6.45, 7) is 4.61. The van der Waals surface area contributed by atoms with Crippen molar-refractivity contribution >= 4 is 5.91 Å². The van der Waals surface area contributed by atoms with Gasteiger partial charge in [0, 0.05) is 19.3 Å². The van der Waals surface area contributed by atoms with Crippen LogP contribution in [0.1, 0.15) is 19.5 Å². The third-order valence-electron chi connectivity index (χ3n) is 2.63. The van der Waals surface area contributed by atoms with Gasteiger partial charge in [0.2, 0.25) is 5.91 Å². The fourth-order valence-corrected chi connectivity index (χ4v) is 1.64. The lowest BCUT2D eigenvalue weighted by molar-refractivity contribution is -0.136. The smallest absolute Gasteiger partial charge is 0.242 e. The second-order valence-electron chi connectivity index (χ2n) is 4.44. The maximum atomic E-state index is 12.2. The first-order chi connectivity index (χ1) is 8.56. The minimum absolute atomic E-state index is 0.0717. The molecule has 0 aliphatic carbocycles. The molecule has 1 rings (SSSR count). The Balaban J connectivity index is 2.74. The summed E-state index contributed by atoms with van der Waals surface area (Å²) in [5.74, 6) is -0.113. The number of methoxy groups -OCH3 is 1. The number of carbonyl (C=O) groups is 1. The number of hydrogen-bond donors (Lipinski definition) is 1. The monoisotopic (exact) mass is 251 g/mol. The molecule has 0 aromatic carbocycles. The zero-order valence-corrected chi connectivity index (χ0v) is 11.2. The number of nitrogens with zero attached hydrogens (tertiary/aromatic N) is 2. The summed E-state index contributed by atoms with van der Waals surface area (Å²) in [7, 11) is 1.53. The van der Waals surface area contributed by atoms with Gasteiger partial charge in [0.1, 0.15) is 6.04 Å². The van der Waals surface area contributed by atoms with Crippen LogP contribution in [0.2, 0.25) is 0 Å². The Bertz CT molecular complexity index is 368. The van der Waals surface area contributed by atoms with Crippen LogP contribution < -0.4 is 5.73 Å². The molecule has 0 bridgehead atoms. The van der Waals surface area contributed by atoms with Crippen molar-refractivity contribution in [3.63, 3.8) is 0 Å². The molecule has 100 valence electrons. The zero-order valence-electron chi connectivity index (χ0n) is 11.2. The van der Waals surface area contributed by atoms with Crippen LogP contribution in [0.5, 0.6) is 0 Å². The lowest BCUT2D eigenvalue weighted by Crippen LogP contribution is -2.48. The van der Waals surface area contributed by atoms with Crippen LogP contribution in [0.4, 0.5) is 0 Å². The number of nitrogens with two attached hydrogens (primary N) is 1. The van der Waals surface area contributed by atoms with Gasteiger partial charge in [-0.15, -0.1) is 0 Å². The number of ether oxygens (including phenoxy) is 1. The number of pyridine rings is 1. The average Bonchev–Trinajstić information content (AvgIpc) is 2.36. The average molecular weight is 251 g/mol. The first kappa shape index (κ1) is 14.6. The Hall–Kier alpha value is -1.46. The largest absolute Gasteiger partial charge is 0.383 e. The standard InChI is InChI=1S/C13H21N3O2/c1-10(2)16(13(17)12(14)9-18-3)8-11-6-4-5-7-15-11/h4-7,10,12H,8-9,14H2,1-3H3. The first-order valence-corrected chi connectivity index (χ1v) is 6.01. The summed E-state index contributed by atoms with van der Waals surface area (Å²) in [4.78, 5) is 18.1. The lowest BCUT2D eigenvalue weighted by atomic mass is 10.2. The third-order valence-corrected chi connectivity index (χ3v) is 2.63. The van der Waals surface area contributed by atoms with E-state index in [9.17, 15) is 4.79 Å². The predicted molar refractivity (Wildman–Crippen MR) is 69.8 cm³/mol. The van der Waals surface area contributed by atoms with Gasteiger partial charge < -0.3 is 15.4 Å². The first-order valence-electron chi connectivity index (χ1n) is 6.01. The molecule has 1 unspecified atom stereocenters. The number of amides is 1. The highest BCUT2D eigenvalue weighted by Gasteiger charge is 2.23. The summed E-state index contributed by atoms with van der Waals surface area (Å²) in [5, 5.41) is 0. The molecule has 0 saturated carbocycles. The van der Waals surface area contributed by atoms with Gasteiger partial charge in [-0.1, -0.05) is 6.07 Å². The normalized spacial score (nSPS) is 12.5. The van der Waals surface area contributed by atoms with Crippen LogP contribution in [-0.2, 0) is 16.1 Å². The van der Waals surface area contributed by atoms with Gasteiger partial charge in [0.05, 0.1) is 18.8 Å². The minimum Gasteiger partial charge on any atom is -0.383 e. The van der Waals surface area contributed by atoms with Gasteiger partial charge in [0.25, 0.3) is 0 Å². The Morgan fingerprint density at radius 1 is 1.50 bits per heavy atom. The van der Waals surface area contributed by atoms with E-state index in [1.54, 1.807) is 11.1 Å². The molecule has 18 heavy (non-hydrogen) atoms. The van der Waals surface area contributed by atoms with E-state index >= 15 is 0 Å². The summed E-state index contributed by atoms with van der Waals surface area (Å²) < 4.78 is 4.92. The van der Waals surface area contributed by atoms with Crippen LogP contribution in [0, 0.1) is 0 Å². The van der Waals surface area contributed by atoms with Crippen LogP contribution in [0.15, 0.2) is 24.4 Å². The Labute approximate surface area is 108 Å². The van der Waals surface area contributed by atoms with Crippen molar-refractivity contribution in [3.8, 4) is 0 Å². The highest BCUT2D eigenvalue weighted by atomic mass is 16.5. The number of carbonyl (C=O) groups excluding carboxylic acids is 1. The number of hydrogen-bond acceptors (Lipinski definition) is 4. The van der Waals surface area contributed by atoms with E-state index in [0.29, 0.717) is 6.54 Å². The summed E-state index contributed by atoms with van der Waals surface area (Å²) >= 11 is 0. The molecule has 1 aromatic heterocycles. The molecule has 0 fully saturated rings. The van der Waals surface area contributed by atoms with E-state index in [1.807, 2.05) is 32.0 Å². The van der Waals surface area contributed by atoms with Crippen molar-refractivity contribution in [1.29, 1.82) is 0 Å². The highest BCUT2D eigenvalue weighted by molar-refractivity contribution is 5.82.